The SMILES string of the molecule is N#CCOc1ccc(CNC2CCN(C3CC3)C2)cc1. The van der Waals surface area contributed by atoms with Crippen molar-refractivity contribution >= 4 is 0 Å². The summed E-state index contributed by atoms with van der Waals surface area (Å²) in [6, 6.07) is 11.5. The summed E-state index contributed by atoms with van der Waals surface area (Å²) in [6.45, 7) is 3.47. The van der Waals surface area contributed by atoms with Gasteiger partial charge in [-0.15, -0.1) is 0 Å². The Kier molecular flexibility index (Phi) is 4.19. The zero-order valence-corrected chi connectivity index (χ0v) is 11.7. The van der Waals surface area contributed by atoms with Crippen LogP contribution in [-0.2, 0) is 6.54 Å². The fourth-order valence-corrected chi connectivity index (χ4v) is 2.81. The van der Waals surface area contributed by atoms with E-state index in [-0.39, 0.29) is 6.61 Å². The molecule has 1 aliphatic heterocycles. The van der Waals surface area contributed by atoms with Crippen molar-refractivity contribution in [2.45, 2.75) is 37.9 Å². The number of nitrogens with one attached hydrogen (secondary N) is 1. The Labute approximate surface area is 120 Å². The topological polar surface area (TPSA) is 48.3 Å². The molecule has 2 fully saturated rings. The molecular weight excluding hydrogens is 250 g/mol. The average molecular weight is 271 g/mol. The summed E-state index contributed by atoms with van der Waals surface area (Å²) in [5.74, 6) is 0.760. The highest BCUT2D eigenvalue weighted by atomic mass is 16.5. The Morgan fingerprint density at radius 3 is 2.75 bits per heavy atom. The molecule has 1 aliphatic carbocycles. The highest BCUT2D eigenvalue weighted by Crippen LogP contribution is 2.29. The van der Waals surface area contributed by atoms with E-state index in [2.05, 4.69) is 22.3 Å². The third kappa shape index (κ3) is 3.50. The molecule has 1 saturated heterocycles. The van der Waals surface area contributed by atoms with Crippen LogP contribution < -0.4 is 10.1 Å². The van der Waals surface area contributed by atoms with Gasteiger partial charge in [-0.3, -0.25) is 4.90 Å². The number of benzene rings is 1. The smallest absolute Gasteiger partial charge is 0.174 e. The molecule has 0 spiro atoms. The predicted octanol–water partition coefficient (Wildman–Crippen LogP) is 1.92. The Hall–Kier alpha value is -1.57. The van der Waals surface area contributed by atoms with Crippen molar-refractivity contribution < 1.29 is 4.74 Å². The number of hydrogen-bond donors (Lipinski definition) is 1. The van der Waals surface area contributed by atoms with Gasteiger partial charge >= 0.3 is 0 Å². The first-order valence-electron chi connectivity index (χ1n) is 7.41. The maximum atomic E-state index is 8.46. The van der Waals surface area contributed by atoms with Gasteiger partial charge in [0.2, 0.25) is 0 Å². The lowest BCUT2D eigenvalue weighted by Crippen LogP contribution is -2.32. The highest BCUT2D eigenvalue weighted by Gasteiger charge is 2.33. The monoisotopic (exact) mass is 271 g/mol. The maximum Gasteiger partial charge on any atom is 0.174 e. The van der Waals surface area contributed by atoms with Gasteiger partial charge in [-0.05, 0) is 37.0 Å². The largest absolute Gasteiger partial charge is 0.479 e. The zero-order valence-electron chi connectivity index (χ0n) is 11.7. The predicted molar refractivity (Wildman–Crippen MR) is 77.4 cm³/mol. The van der Waals surface area contributed by atoms with Gasteiger partial charge < -0.3 is 10.1 Å². The molecule has 4 heteroatoms. The lowest BCUT2D eigenvalue weighted by molar-refractivity contribution is 0.317. The summed E-state index contributed by atoms with van der Waals surface area (Å²) in [5.41, 5.74) is 1.26. The van der Waals surface area contributed by atoms with Gasteiger partial charge in [-0.25, -0.2) is 0 Å². The first-order valence-corrected chi connectivity index (χ1v) is 7.41. The Morgan fingerprint density at radius 1 is 1.25 bits per heavy atom. The second-order valence-electron chi connectivity index (χ2n) is 5.68. The quantitative estimate of drug-likeness (QED) is 0.858. The summed E-state index contributed by atoms with van der Waals surface area (Å²) in [6.07, 6.45) is 4.06. The van der Waals surface area contributed by atoms with Gasteiger partial charge in [-0.1, -0.05) is 12.1 Å². The number of likely N-dealkylation sites (tertiary alicyclic amines) is 1. The van der Waals surface area contributed by atoms with Crippen molar-refractivity contribution in [2.75, 3.05) is 19.7 Å². The molecule has 1 N–H and O–H groups in total. The third-order valence-corrected chi connectivity index (χ3v) is 4.10. The molecule has 0 aromatic heterocycles. The molecule has 1 aromatic carbocycles. The van der Waals surface area contributed by atoms with Crippen LogP contribution in [0.3, 0.4) is 0 Å². The average Bonchev–Trinajstić information content (AvgIpc) is 3.23. The first kappa shape index (κ1) is 13.4. The number of rotatable bonds is 6. The van der Waals surface area contributed by atoms with Crippen molar-refractivity contribution in [3.05, 3.63) is 29.8 Å². The fraction of sp³-hybridized carbons (Fsp3) is 0.562. The van der Waals surface area contributed by atoms with Gasteiger partial charge in [0.15, 0.2) is 6.61 Å². The first-order chi connectivity index (χ1) is 9.85. The third-order valence-electron chi connectivity index (χ3n) is 4.10. The zero-order chi connectivity index (χ0) is 13.8. The van der Waals surface area contributed by atoms with E-state index in [4.69, 9.17) is 10.00 Å². The molecule has 0 bridgehead atoms. The van der Waals surface area contributed by atoms with E-state index in [1.54, 1.807) is 0 Å². The van der Waals surface area contributed by atoms with Crippen LogP contribution in [0.4, 0.5) is 0 Å². The molecule has 3 rings (SSSR count). The van der Waals surface area contributed by atoms with Gasteiger partial charge in [0.1, 0.15) is 11.8 Å². The minimum atomic E-state index is 0.108. The summed E-state index contributed by atoms with van der Waals surface area (Å²) in [4.78, 5) is 2.62. The van der Waals surface area contributed by atoms with Gasteiger partial charge in [0, 0.05) is 31.7 Å². The minimum absolute atomic E-state index is 0.108. The van der Waals surface area contributed by atoms with Crippen molar-refractivity contribution in [1.29, 1.82) is 5.26 Å². The second kappa shape index (κ2) is 6.25. The van der Waals surface area contributed by atoms with E-state index in [0.29, 0.717) is 6.04 Å². The van der Waals surface area contributed by atoms with Crippen LogP contribution in [0.2, 0.25) is 0 Å². The van der Waals surface area contributed by atoms with E-state index >= 15 is 0 Å². The summed E-state index contributed by atoms with van der Waals surface area (Å²) >= 11 is 0. The molecule has 1 atom stereocenters. The number of hydrogen-bond acceptors (Lipinski definition) is 4. The lowest BCUT2D eigenvalue weighted by atomic mass is 10.2. The van der Waals surface area contributed by atoms with E-state index in [1.165, 1.54) is 37.9 Å². The van der Waals surface area contributed by atoms with Gasteiger partial charge in [-0.2, -0.15) is 5.26 Å². The van der Waals surface area contributed by atoms with Crippen LogP contribution in [-0.4, -0.2) is 36.7 Å². The molecule has 106 valence electrons. The van der Waals surface area contributed by atoms with E-state index < -0.39 is 0 Å². The fourth-order valence-electron chi connectivity index (χ4n) is 2.81. The van der Waals surface area contributed by atoms with E-state index in [1.807, 2.05) is 18.2 Å². The maximum absolute atomic E-state index is 8.46. The molecular formula is C16H21N3O. The number of nitriles is 1. The summed E-state index contributed by atoms with van der Waals surface area (Å²) < 4.78 is 5.25. The van der Waals surface area contributed by atoms with Crippen LogP contribution in [0.15, 0.2) is 24.3 Å². The Balaban J connectivity index is 1.43. The van der Waals surface area contributed by atoms with Crippen LogP contribution in [0.1, 0.15) is 24.8 Å². The van der Waals surface area contributed by atoms with Crippen LogP contribution in [0.25, 0.3) is 0 Å². The van der Waals surface area contributed by atoms with E-state index in [9.17, 15) is 0 Å². The molecule has 1 aromatic rings. The lowest BCUT2D eigenvalue weighted by Gasteiger charge is -2.15. The standard InChI is InChI=1S/C16H21N3O/c17-8-10-20-16-5-1-13(2-6-16)11-18-14-7-9-19(12-14)15-3-4-15/h1-2,5-6,14-15,18H,3-4,7,9-12H2. The second-order valence-corrected chi connectivity index (χ2v) is 5.68. The van der Waals surface area contributed by atoms with Gasteiger partial charge in [0.25, 0.3) is 0 Å². The molecule has 1 saturated carbocycles. The number of ether oxygens (including phenoxy) is 1. The molecule has 1 unspecified atom stereocenters. The normalized spacial score (nSPS) is 22.6. The molecule has 1 heterocycles. The van der Waals surface area contributed by atoms with Gasteiger partial charge in [0.05, 0.1) is 0 Å². The van der Waals surface area contributed by atoms with Crippen LogP contribution in [0, 0.1) is 11.3 Å². The molecule has 2 aliphatic rings. The van der Waals surface area contributed by atoms with Crippen LogP contribution >= 0.6 is 0 Å². The number of nitrogens with zero attached hydrogens (tertiary/aromatic N) is 2. The molecule has 4 nitrogen and oxygen atoms in total. The summed E-state index contributed by atoms with van der Waals surface area (Å²) in [7, 11) is 0. The van der Waals surface area contributed by atoms with Crippen molar-refractivity contribution in [3.63, 3.8) is 0 Å². The van der Waals surface area contributed by atoms with Crippen molar-refractivity contribution in [1.82, 2.24) is 10.2 Å². The summed E-state index contributed by atoms with van der Waals surface area (Å²) in [5, 5.41) is 12.1. The Morgan fingerprint density at radius 2 is 2.05 bits per heavy atom. The minimum Gasteiger partial charge on any atom is -0.479 e. The Bertz CT molecular complexity index is 475. The van der Waals surface area contributed by atoms with Crippen molar-refractivity contribution in [2.24, 2.45) is 0 Å². The molecule has 0 radical (unpaired) electrons. The molecule has 20 heavy (non-hydrogen) atoms. The van der Waals surface area contributed by atoms with E-state index in [0.717, 1.165) is 18.3 Å². The van der Waals surface area contributed by atoms with Crippen molar-refractivity contribution in [3.8, 4) is 11.8 Å². The molecule has 0 amide bonds. The van der Waals surface area contributed by atoms with Crippen LogP contribution in [0.5, 0.6) is 5.75 Å². The highest BCUT2D eigenvalue weighted by molar-refractivity contribution is 5.27.